The molecular formula is C9H11F2N3O. The highest BCUT2D eigenvalue weighted by molar-refractivity contribution is 5.94. The summed E-state index contributed by atoms with van der Waals surface area (Å²) < 4.78 is 27.3. The molecule has 0 spiro atoms. The number of alkyl halides is 2. The van der Waals surface area contributed by atoms with Gasteiger partial charge in [0.05, 0.1) is 0 Å². The van der Waals surface area contributed by atoms with E-state index < -0.39 is 23.7 Å². The summed E-state index contributed by atoms with van der Waals surface area (Å²) in [6.45, 7) is 1.36. The van der Waals surface area contributed by atoms with Gasteiger partial charge in [0, 0.05) is 25.4 Å². The lowest BCUT2D eigenvalue weighted by Gasteiger charge is -2.03. The molecule has 0 saturated heterocycles. The van der Waals surface area contributed by atoms with Gasteiger partial charge in [0.15, 0.2) is 0 Å². The lowest BCUT2D eigenvalue weighted by molar-refractivity contribution is -0.119. The van der Waals surface area contributed by atoms with Gasteiger partial charge >= 0.3 is 0 Å². The van der Waals surface area contributed by atoms with Crippen molar-refractivity contribution in [2.24, 2.45) is 18.9 Å². The van der Waals surface area contributed by atoms with Crippen molar-refractivity contribution in [3.05, 3.63) is 12.4 Å². The van der Waals surface area contributed by atoms with Crippen LogP contribution in [-0.4, -0.2) is 21.4 Å². The van der Waals surface area contributed by atoms with Crippen LogP contribution in [0.4, 0.5) is 14.7 Å². The maximum Gasteiger partial charge on any atom is 0.263 e. The fraction of sp³-hybridized carbons (Fsp3) is 0.556. The van der Waals surface area contributed by atoms with Crippen LogP contribution < -0.4 is 5.32 Å². The van der Waals surface area contributed by atoms with Crippen molar-refractivity contribution < 1.29 is 13.6 Å². The Balaban J connectivity index is 2.04. The number of amides is 1. The zero-order chi connectivity index (χ0) is 11.2. The minimum atomic E-state index is -2.87. The van der Waals surface area contributed by atoms with E-state index in [4.69, 9.17) is 0 Å². The van der Waals surface area contributed by atoms with Crippen molar-refractivity contribution in [2.75, 3.05) is 5.32 Å². The van der Waals surface area contributed by atoms with E-state index in [0.717, 1.165) is 0 Å². The molecule has 2 rings (SSSR count). The fourth-order valence-corrected chi connectivity index (χ4v) is 1.56. The van der Waals surface area contributed by atoms with Crippen molar-refractivity contribution in [1.29, 1.82) is 0 Å². The number of anilines is 1. The van der Waals surface area contributed by atoms with Crippen LogP contribution in [0.5, 0.6) is 0 Å². The fourth-order valence-electron chi connectivity index (χ4n) is 1.56. The highest BCUT2D eigenvalue weighted by Gasteiger charge is 2.69. The summed E-state index contributed by atoms with van der Waals surface area (Å²) in [4.78, 5) is 15.2. The van der Waals surface area contributed by atoms with Crippen LogP contribution in [0.1, 0.15) is 6.92 Å². The van der Waals surface area contributed by atoms with Crippen LogP contribution in [0, 0.1) is 11.8 Å². The lowest BCUT2D eigenvalue weighted by Crippen LogP contribution is -2.19. The lowest BCUT2D eigenvalue weighted by atomic mass is 10.3. The molecule has 1 aliphatic carbocycles. The molecule has 1 aromatic rings. The van der Waals surface area contributed by atoms with Crippen LogP contribution >= 0.6 is 0 Å². The second-order valence-electron chi connectivity index (χ2n) is 3.79. The van der Waals surface area contributed by atoms with Gasteiger partial charge in [0.1, 0.15) is 5.92 Å². The van der Waals surface area contributed by atoms with Gasteiger partial charge in [-0.3, -0.25) is 10.1 Å². The maximum atomic E-state index is 12.9. The molecule has 1 saturated carbocycles. The van der Waals surface area contributed by atoms with E-state index in [1.54, 1.807) is 17.8 Å². The Kier molecular flexibility index (Phi) is 2.02. The van der Waals surface area contributed by atoms with Crippen molar-refractivity contribution in [2.45, 2.75) is 12.8 Å². The minimum absolute atomic E-state index is 0.287. The molecule has 6 heteroatoms. The highest BCUT2D eigenvalue weighted by atomic mass is 19.3. The molecule has 2 unspecified atom stereocenters. The summed E-state index contributed by atoms with van der Waals surface area (Å²) >= 11 is 0. The quantitative estimate of drug-likeness (QED) is 0.807. The molecular weight excluding hydrogens is 204 g/mol. The normalized spacial score (nSPS) is 27.5. The van der Waals surface area contributed by atoms with E-state index in [9.17, 15) is 13.6 Å². The van der Waals surface area contributed by atoms with Crippen LogP contribution in [0.15, 0.2) is 12.4 Å². The van der Waals surface area contributed by atoms with E-state index in [0.29, 0.717) is 0 Å². The van der Waals surface area contributed by atoms with E-state index >= 15 is 0 Å². The van der Waals surface area contributed by atoms with E-state index in [-0.39, 0.29) is 5.95 Å². The first-order chi connectivity index (χ1) is 6.94. The Morgan fingerprint density at radius 2 is 2.27 bits per heavy atom. The SMILES string of the molecule is CC1C(C(=O)Nc2nccn2C)C1(F)F. The Bertz CT molecular complexity index is 402. The Hall–Kier alpha value is -1.46. The molecule has 0 radical (unpaired) electrons. The predicted molar refractivity (Wildman–Crippen MR) is 49.4 cm³/mol. The van der Waals surface area contributed by atoms with Crippen molar-refractivity contribution in [3.8, 4) is 0 Å². The first-order valence-corrected chi connectivity index (χ1v) is 4.60. The van der Waals surface area contributed by atoms with Gasteiger partial charge in [-0.15, -0.1) is 0 Å². The van der Waals surface area contributed by atoms with Gasteiger partial charge in [0.2, 0.25) is 11.9 Å². The molecule has 1 aliphatic rings. The monoisotopic (exact) mass is 215 g/mol. The van der Waals surface area contributed by atoms with Crippen LogP contribution in [0.25, 0.3) is 0 Å². The van der Waals surface area contributed by atoms with Gasteiger partial charge in [-0.25, -0.2) is 13.8 Å². The molecule has 4 nitrogen and oxygen atoms in total. The summed E-state index contributed by atoms with van der Waals surface area (Å²) in [6, 6.07) is 0. The number of carbonyl (C=O) groups excluding carboxylic acids is 1. The first kappa shape index (κ1) is 10.1. The summed E-state index contributed by atoms with van der Waals surface area (Å²) in [5.74, 6) is -5.33. The van der Waals surface area contributed by atoms with Gasteiger partial charge in [-0.05, 0) is 0 Å². The average molecular weight is 215 g/mol. The van der Waals surface area contributed by atoms with Crippen molar-refractivity contribution in [1.82, 2.24) is 9.55 Å². The second kappa shape index (κ2) is 3.01. The van der Waals surface area contributed by atoms with Crippen molar-refractivity contribution in [3.63, 3.8) is 0 Å². The molecule has 1 heterocycles. The molecule has 2 atom stereocenters. The highest BCUT2D eigenvalue weighted by Crippen LogP contribution is 2.55. The standard InChI is InChI=1S/C9H11F2N3O/c1-5-6(9(5,10)11)7(15)13-8-12-3-4-14(8)2/h3-6H,1-2H3,(H,12,13,15). The molecule has 0 aliphatic heterocycles. The van der Waals surface area contributed by atoms with Gasteiger partial charge in [0.25, 0.3) is 5.92 Å². The molecule has 15 heavy (non-hydrogen) atoms. The topological polar surface area (TPSA) is 46.9 Å². The number of carbonyl (C=O) groups is 1. The minimum Gasteiger partial charge on any atom is -0.320 e. The van der Waals surface area contributed by atoms with Gasteiger partial charge < -0.3 is 4.57 Å². The average Bonchev–Trinajstić information content (AvgIpc) is 2.47. The molecule has 1 fully saturated rings. The van der Waals surface area contributed by atoms with E-state index in [2.05, 4.69) is 10.3 Å². The summed E-state index contributed by atoms with van der Waals surface area (Å²) in [6.07, 6.45) is 3.12. The predicted octanol–water partition coefficient (Wildman–Crippen LogP) is 1.26. The number of nitrogens with one attached hydrogen (secondary N) is 1. The van der Waals surface area contributed by atoms with Crippen molar-refractivity contribution >= 4 is 11.9 Å². The number of hydrogen-bond donors (Lipinski definition) is 1. The summed E-state index contributed by atoms with van der Waals surface area (Å²) in [5.41, 5.74) is 0. The molecule has 0 aromatic carbocycles. The zero-order valence-corrected chi connectivity index (χ0v) is 8.37. The molecule has 1 amide bonds. The third-order valence-corrected chi connectivity index (χ3v) is 2.75. The number of imidazole rings is 1. The molecule has 1 N–H and O–H groups in total. The smallest absolute Gasteiger partial charge is 0.263 e. The van der Waals surface area contributed by atoms with Gasteiger partial charge in [-0.2, -0.15) is 0 Å². The summed E-state index contributed by atoms with van der Waals surface area (Å²) in [7, 11) is 1.68. The Labute approximate surface area is 85.3 Å². The van der Waals surface area contributed by atoms with Crippen LogP contribution in [0.2, 0.25) is 0 Å². The van der Waals surface area contributed by atoms with Gasteiger partial charge in [-0.1, -0.05) is 6.92 Å². The number of rotatable bonds is 2. The Morgan fingerprint density at radius 3 is 2.67 bits per heavy atom. The second-order valence-corrected chi connectivity index (χ2v) is 3.79. The van der Waals surface area contributed by atoms with Crippen LogP contribution in [0.3, 0.4) is 0 Å². The summed E-state index contributed by atoms with van der Waals surface area (Å²) in [5, 5.41) is 2.37. The third-order valence-electron chi connectivity index (χ3n) is 2.75. The largest absolute Gasteiger partial charge is 0.320 e. The zero-order valence-electron chi connectivity index (χ0n) is 8.37. The first-order valence-electron chi connectivity index (χ1n) is 4.60. The third kappa shape index (κ3) is 1.49. The maximum absolute atomic E-state index is 12.9. The molecule has 82 valence electrons. The van der Waals surface area contributed by atoms with E-state index in [1.807, 2.05) is 0 Å². The molecule has 1 aromatic heterocycles. The number of halogens is 2. The number of hydrogen-bond acceptors (Lipinski definition) is 2. The number of aromatic nitrogens is 2. The molecule has 0 bridgehead atoms. The Morgan fingerprint density at radius 1 is 1.67 bits per heavy atom. The van der Waals surface area contributed by atoms with Crippen LogP contribution in [-0.2, 0) is 11.8 Å². The van der Waals surface area contributed by atoms with E-state index in [1.165, 1.54) is 13.1 Å². The number of aryl methyl sites for hydroxylation is 1. The number of nitrogens with zero attached hydrogens (tertiary/aromatic N) is 2.